The van der Waals surface area contributed by atoms with Gasteiger partial charge in [0.1, 0.15) is 0 Å². The molecule has 0 spiro atoms. The molecule has 0 fully saturated rings. The molecule has 0 radical (unpaired) electrons. The van der Waals surface area contributed by atoms with E-state index in [0.717, 1.165) is 16.6 Å². The zero-order valence-electron chi connectivity index (χ0n) is 7.52. The summed E-state index contributed by atoms with van der Waals surface area (Å²) < 4.78 is 0. The van der Waals surface area contributed by atoms with Gasteiger partial charge in [-0.15, -0.1) is 0 Å². The van der Waals surface area contributed by atoms with Crippen LogP contribution in [0, 0.1) is 0 Å². The summed E-state index contributed by atoms with van der Waals surface area (Å²) in [6.07, 6.45) is 5.45. The van der Waals surface area contributed by atoms with Gasteiger partial charge in [-0.05, 0) is 23.8 Å². The van der Waals surface area contributed by atoms with E-state index in [4.69, 9.17) is 0 Å². The van der Waals surface area contributed by atoms with E-state index in [1.54, 1.807) is 6.20 Å². The van der Waals surface area contributed by atoms with Crippen molar-refractivity contribution >= 4 is 15.9 Å². The van der Waals surface area contributed by atoms with Gasteiger partial charge in [-0.3, -0.25) is 9.97 Å². The first-order valence-corrected chi connectivity index (χ1v) is 5.43. The Balaban J connectivity index is 2.34. The average Bonchev–Trinajstić information content (AvgIpc) is 2.30. The Kier molecular flexibility index (Phi) is 2.89. The number of halogens is 1. The Morgan fingerprint density at radius 3 is 2.64 bits per heavy atom. The van der Waals surface area contributed by atoms with Gasteiger partial charge in [0, 0.05) is 29.5 Å². The van der Waals surface area contributed by atoms with E-state index in [9.17, 15) is 0 Å². The summed E-state index contributed by atoms with van der Waals surface area (Å²) in [7, 11) is 0. The van der Waals surface area contributed by atoms with Crippen LogP contribution in [0.25, 0.3) is 11.3 Å². The van der Waals surface area contributed by atoms with Crippen LogP contribution in [-0.2, 0) is 5.33 Å². The van der Waals surface area contributed by atoms with Crippen LogP contribution in [0.5, 0.6) is 0 Å². The summed E-state index contributed by atoms with van der Waals surface area (Å²) in [5.74, 6) is 0. The van der Waals surface area contributed by atoms with Gasteiger partial charge in [-0.25, -0.2) is 0 Å². The standard InChI is InChI=1S/C11H9BrN2/c12-6-9-3-4-11(14-7-9)10-2-1-5-13-8-10/h1-5,7-8H,6H2. The Hall–Kier alpha value is -1.22. The third-order valence-corrected chi connectivity index (χ3v) is 2.58. The molecule has 2 aromatic rings. The summed E-state index contributed by atoms with van der Waals surface area (Å²) in [5.41, 5.74) is 3.19. The van der Waals surface area contributed by atoms with Crippen LogP contribution in [0.15, 0.2) is 42.9 Å². The summed E-state index contributed by atoms with van der Waals surface area (Å²) in [6, 6.07) is 7.98. The van der Waals surface area contributed by atoms with Crippen LogP contribution in [0.2, 0.25) is 0 Å². The fraction of sp³-hybridized carbons (Fsp3) is 0.0909. The molecule has 2 heterocycles. The van der Waals surface area contributed by atoms with Crippen molar-refractivity contribution in [2.75, 3.05) is 0 Å². The van der Waals surface area contributed by atoms with Crippen molar-refractivity contribution in [2.45, 2.75) is 5.33 Å². The maximum Gasteiger partial charge on any atom is 0.0717 e. The topological polar surface area (TPSA) is 25.8 Å². The smallest absolute Gasteiger partial charge is 0.0717 e. The van der Waals surface area contributed by atoms with E-state index in [1.807, 2.05) is 30.6 Å². The van der Waals surface area contributed by atoms with E-state index in [2.05, 4.69) is 32.0 Å². The van der Waals surface area contributed by atoms with Crippen LogP contribution in [-0.4, -0.2) is 9.97 Å². The minimum atomic E-state index is 0.841. The first-order valence-electron chi connectivity index (χ1n) is 4.31. The number of hydrogen-bond acceptors (Lipinski definition) is 2. The van der Waals surface area contributed by atoms with Crippen molar-refractivity contribution in [3.63, 3.8) is 0 Å². The molecule has 2 aromatic heterocycles. The molecule has 0 amide bonds. The molecule has 3 heteroatoms. The normalized spacial score (nSPS) is 10.1. The molecular weight excluding hydrogens is 240 g/mol. The molecule has 0 aliphatic rings. The van der Waals surface area contributed by atoms with Crippen LogP contribution in [0.1, 0.15) is 5.56 Å². The lowest BCUT2D eigenvalue weighted by Gasteiger charge is -2.00. The predicted octanol–water partition coefficient (Wildman–Crippen LogP) is 3.04. The van der Waals surface area contributed by atoms with Gasteiger partial charge in [0.15, 0.2) is 0 Å². The number of hydrogen-bond donors (Lipinski definition) is 0. The number of pyridine rings is 2. The number of aromatic nitrogens is 2. The fourth-order valence-electron chi connectivity index (χ4n) is 1.19. The molecule has 0 unspecified atom stereocenters. The molecule has 2 nitrogen and oxygen atoms in total. The monoisotopic (exact) mass is 248 g/mol. The summed E-state index contributed by atoms with van der Waals surface area (Å²) in [4.78, 5) is 8.40. The van der Waals surface area contributed by atoms with Crippen molar-refractivity contribution in [3.05, 3.63) is 48.4 Å². The Morgan fingerprint density at radius 2 is 2.07 bits per heavy atom. The molecule has 0 saturated heterocycles. The average molecular weight is 249 g/mol. The van der Waals surface area contributed by atoms with Crippen molar-refractivity contribution in [3.8, 4) is 11.3 Å². The molecule has 70 valence electrons. The third-order valence-electron chi connectivity index (χ3n) is 1.94. The van der Waals surface area contributed by atoms with Gasteiger partial charge >= 0.3 is 0 Å². The largest absolute Gasteiger partial charge is 0.264 e. The number of alkyl halides is 1. The SMILES string of the molecule is BrCc1ccc(-c2cccnc2)nc1. The fourth-order valence-corrected chi connectivity index (χ4v) is 1.52. The van der Waals surface area contributed by atoms with E-state index < -0.39 is 0 Å². The number of nitrogens with zero attached hydrogens (tertiary/aromatic N) is 2. The third kappa shape index (κ3) is 1.99. The summed E-state index contributed by atoms with van der Waals surface area (Å²) in [5, 5.41) is 0.841. The molecule has 2 rings (SSSR count). The lowest BCUT2D eigenvalue weighted by Crippen LogP contribution is -1.85. The lowest BCUT2D eigenvalue weighted by atomic mass is 10.2. The van der Waals surface area contributed by atoms with Crippen molar-refractivity contribution in [1.82, 2.24) is 9.97 Å². The van der Waals surface area contributed by atoms with E-state index in [0.29, 0.717) is 0 Å². The maximum atomic E-state index is 4.35. The molecule has 0 aliphatic carbocycles. The summed E-state index contributed by atoms with van der Waals surface area (Å²) in [6.45, 7) is 0. The molecule has 0 saturated carbocycles. The zero-order valence-corrected chi connectivity index (χ0v) is 9.11. The summed E-state index contributed by atoms with van der Waals surface area (Å²) >= 11 is 3.39. The molecule has 0 bridgehead atoms. The van der Waals surface area contributed by atoms with Gasteiger partial charge in [-0.1, -0.05) is 22.0 Å². The van der Waals surface area contributed by atoms with Crippen LogP contribution >= 0.6 is 15.9 Å². The van der Waals surface area contributed by atoms with Gasteiger partial charge in [0.25, 0.3) is 0 Å². The molecule has 0 aliphatic heterocycles. The Morgan fingerprint density at radius 1 is 1.14 bits per heavy atom. The second-order valence-electron chi connectivity index (χ2n) is 2.93. The second-order valence-corrected chi connectivity index (χ2v) is 3.49. The first kappa shape index (κ1) is 9.34. The molecule has 0 aromatic carbocycles. The minimum Gasteiger partial charge on any atom is -0.264 e. The second kappa shape index (κ2) is 4.33. The Bertz CT molecular complexity index is 397. The van der Waals surface area contributed by atoms with Gasteiger partial charge in [0.2, 0.25) is 0 Å². The molecule has 0 atom stereocenters. The van der Waals surface area contributed by atoms with Gasteiger partial charge in [0.05, 0.1) is 5.69 Å². The molecule has 14 heavy (non-hydrogen) atoms. The quantitative estimate of drug-likeness (QED) is 0.764. The first-order chi connectivity index (χ1) is 6.90. The highest BCUT2D eigenvalue weighted by Gasteiger charge is 1.97. The van der Waals surface area contributed by atoms with Gasteiger partial charge < -0.3 is 0 Å². The highest BCUT2D eigenvalue weighted by atomic mass is 79.9. The zero-order chi connectivity index (χ0) is 9.80. The van der Waals surface area contributed by atoms with E-state index in [1.165, 1.54) is 5.56 Å². The van der Waals surface area contributed by atoms with Crippen LogP contribution in [0.3, 0.4) is 0 Å². The maximum absolute atomic E-state index is 4.35. The highest BCUT2D eigenvalue weighted by molar-refractivity contribution is 9.08. The highest BCUT2D eigenvalue weighted by Crippen LogP contribution is 2.15. The van der Waals surface area contributed by atoms with Gasteiger partial charge in [-0.2, -0.15) is 0 Å². The van der Waals surface area contributed by atoms with Crippen molar-refractivity contribution in [2.24, 2.45) is 0 Å². The Labute approximate surface area is 91.2 Å². The van der Waals surface area contributed by atoms with Crippen LogP contribution < -0.4 is 0 Å². The van der Waals surface area contributed by atoms with Crippen molar-refractivity contribution < 1.29 is 0 Å². The minimum absolute atomic E-state index is 0.841. The van der Waals surface area contributed by atoms with E-state index >= 15 is 0 Å². The predicted molar refractivity (Wildman–Crippen MR) is 60.1 cm³/mol. The molecular formula is C11H9BrN2. The lowest BCUT2D eigenvalue weighted by molar-refractivity contribution is 1.24. The van der Waals surface area contributed by atoms with Crippen molar-refractivity contribution in [1.29, 1.82) is 0 Å². The van der Waals surface area contributed by atoms with Crippen LogP contribution in [0.4, 0.5) is 0 Å². The van der Waals surface area contributed by atoms with E-state index in [-0.39, 0.29) is 0 Å². The number of rotatable bonds is 2. The molecule has 0 N–H and O–H groups in total.